The normalized spacial score (nSPS) is 10.4. The number of rotatable bonds is 5. The molecule has 0 spiro atoms. The van der Waals surface area contributed by atoms with Gasteiger partial charge in [0.05, 0.1) is 14.2 Å². The lowest BCUT2D eigenvalue weighted by molar-refractivity contribution is -0.125. The summed E-state index contributed by atoms with van der Waals surface area (Å²) in [5, 5.41) is 0. The van der Waals surface area contributed by atoms with Crippen molar-refractivity contribution in [3.63, 3.8) is 0 Å². The maximum Gasteiger partial charge on any atom is 0.246 e. The van der Waals surface area contributed by atoms with Crippen molar-refractivity contribution < 1.29 is 14.3 Å². The van der Waals surface area contributed by atoms with Crippen molar-refractivity contribution in [1.29, 1.82) is 0 Å². The quantitative estimate of drug-likeness (QED) is 0.751. The van der Waals surface area contributed by atoms with Gasteiger partial charge in [-0.05, 0) is 30.7 Å². The van der Waals surface area contributed by atoms with Crippen LogP contribution in [0.15, 0.2) is 30.4 Å². The molecule has 0 saturated carbocycles. The molecule has 4 nitrogen and oxygen atoms in total. The largest absolute Gasteiger partial charge is 0.493 e. The molecule has 0 atom stereocenters. The second kappa shape index (κ2) is 6.69. The van der Waals surface area contributed by atoms with E-state index < -0.39 is 0 Å². The summed E-state index contributed by atoms with van der Waals surface area (Å²) in [7, 11) is 4.95. The maximum atomic E-state index is 11.6. The zero-order valence-corrected chi connectivity index (χ0v) is 11.3. The fourth-order valence-electron chi connectivity index (χ4n) is 1.60. The first-order valence-electron chi connectivity index (χ1n) is 5.71. The molecule has 1 aromatic carbocycles. The number of carbonyl (C=O) groups excluding carboxylic acids is 1. The summed E-state index contributed by atoms with van der Waals surface area (Å²) in [6.45, 7) is 2.35. The van der Waals surface area contributed by atoms with Crippen LogP contribution >= 0.6 is 0 Å². The Morgan fingerprint density at radius 1 is 1.28 bits per heavy atom. The van der Waals surface area contributed by atoms with Gasteiger partial charge in [0.2, 0.25) is 5.91 Å². The molecular weight excluding hydrogens is 230 g/mol. The van der Waals surface area contributed by atoms with E-state index in [1.165, 1.54) is 0 Å². The van der Waals surface area contributed by atoms with Crippen LogP contribution in [0.1, 0.15) is 12.5 Å². The Bertz CT molecular complexity index is 441. The molecule has 0 aromatic heterocycles. The number of nitrogens with zero attached hydrogens (tertiary/aromatic N) is 1. The van der Waals surface area contributed by atoms with Crippen molar-refractivity contribution in [1.82, 2.24) is 4.90 Å². The predicted octanol–water partition coefficient (Wildman–Crippen LogP) is 2.24. The monoisotopic (exact) mass is 249 g/mol. The minimum Gasteiger partial charge on any atom is -0.493 e. The Balaban J connectivity index is 2.82. The van der Waals surface area contributed by atoms with E-state index in [0.29, 0.717) is 18.0 Å². The van der Waals surface area contributed by atoms with Crippen LogP contribution in [0.2, 0.25) is 0 Å². The summed E-state index contributed by atoms with van der Waals surface area (Å²) in [5.74, 6) is 1.33. The molecule has 18 heavy (non-hydrogen) atoms. The van der Waals surface area contributed by atoms with Crippen molar-refractivity contribution in [2.75, 3.05) is 21.3 Å². The zero-order chi connectivity index (χ0) is 13.5. The molecule has 1 amide bonds. The van der Waals surface area contributed by atoms with Crippen LogP contribution in [0.4, 0.5) is 0 Å². The number of likely N-dealkylation sites (N-methyl/N-ethyl adjacent to an activating group) is 1. The van der Waals surface area contributed by atoms with Gasteiger partial charge in [-0.15, -0.1) is 0 Å². The third kappa shape index (κ3) is 3.52. The molecule has 0 N–H and O–H groups in total. The van der Waals surface area contributed by atoms with Gasteiger partial charge in [0.25, 0.3) is 0 Å². The van der Waals surface area contributed by atoms with Gasteiger partial charge in [-0.3, -0.25) is 4.79 Å². The standard InChI is InChI=1S/C14H19NO3/c1-5-6-14(16)15(2)10-11-7-8-12(17-3)13(9-11)18-4/h5-9H,10H2,1-4H3/b6-5-. The Hall–Kier alpha value is -1.97. The molecule has 0 unspecified atom stereocenters. The highest BCUT2D eigenvalue weighted by atomic mass is 16.5. The van der Waals surface area contributed by atoms with Gasteiger partial charge in [-0.2, -0.15) is 0 Å². The third-order valence-corrected chi connectivity index (χ3v) is 2.55. The molecule has 0 aliphatic carbocycles. The van der Waals surface area contributed by atoms with E-state index in [0.717, 1.165) is 5.56 Å². The van der Waals surface area contributed by atoms with Crippen LogP contribution in [0.5, 0.6) is 11.5 Å². The number of ether oxygens (including phenoxy) is 2. The van der Waals surface area contributed by atoms with Crippen LogP contribution in [0.25, 0.3) is 0 Å². The van der Waals surface area contributed by atoms with Gasteiger partial charge in [0.1, 0.15) is 0 Å². The summed E-state index contributed by atoms with van der Waals surface area (Å²) in [4.78, 5) is 13.2. The summed E-state index contributed by atoms with van der Waals surface area (Å²) >= 11 is 0. The lowest BCUT2D eigenvalue weighted by Gasteiger charge is -2.16. The molecule has 0 fully saturated rings. The number of carbonyl (C=O) groups is 1. The van der Waals surface area contributed by atoms with Crippen LogP contribution < -0.4 is 9.47 Å². The van der Waals surface area contributed by atoms with E-state index in [-0.39, 0.29) is 5.91 Å². The van der Waals surface area contributed by atoms with Gasteiger partial charge in [0, 0.05) is 13.6 Å². The topological polar surface area (TPSA) is 38.8 Å². The SMILES string of the molecule is C/C=C\C(=O)N(C)Cc1ccc(OC)c(OC)c1. The minimum absolute atomic E-state index is 0.0210. The van der Waals surface area contributed by atoms with Gasteiger partial charge in [0.15, 0.2) is 11.5 Å². The van der Waals surface area contributed by atoms with Crippen LogP contribution in [-0.4, -0.2) is 32.1 Å². The number of methoxy groups -OCH3 is 2. The second-order valence-electron chi connectivity index (χ2n) is 3.88. The molecule has 0 aliphatic rings. The lowest BCUT2D eigenvalue weighted by atomic mass is 10.2. The highest BCUT2D eigenvalue weighted by molar-refractivity contribution is 5.87. The highest BCUT2D eigenvalue weighted by Gasteiger charge is 2.08. The second-order valence-corrected chi connectivity index (χ2v) is 3.88. The number of amides is 1. The van der Waals surface area contributed by atoms with Crippen LogP contribution in [0.3, 0.4) is 0 Å². The lowest BCUT2D eigenvalue weighted by Crippen LogP contribution is -2.24. The Labute approximate surface area is 108 Å². The fourth-order valence-corrected chi connectivity index (χ4v) is 1.60. The van der Waals surface area contributed by atoms with Crippen molar-refractivity contribution >= 4 is 5.91 Å². The van der Waals surface area contributed by atoms with Gasteiger partial charge in [-0.1, -0.05) is 12.1 Å². The maximum absolute atomic E-state index is 11.6. The van der Waals surface area contributed by atoms with Crippen LogP contribution in [0, 0.1) is 0 Å². The minimum atomic E-state index is -0.0210. The summed E-state index contributed by atoms with van der Waals surface area (Å²) in [6.07, 6.45) is 3.27. The molecule has 0 aliphatic heterocycles. The zero-order valence-electron chi connectivity index (χ0n) is 11.3. The van der Waals surface area contributed by atoms with E-state index in [9.17, 15) is 4.79 Å². The van der Waals surface area contributed by atoms with Gasteiger partial charge >= 0.3 is 0 Å². The molecule has 0 saturated heterocycles. The van der Waals surface area contributed by atoms with Crippen LogP contribution in [-0.2, 0) is 11.3 Å². The van der Waals surface area contributed by atoms with E-state index in [4.69, 9.17) is 9.47 Å². The number of hydrogen-bond donors (Lipinski definition) is 0. The van der Waals surface area contributed by atoms with Gasteiger partial charge in [-0.25, -0.2) is 0 Å². The van der Waals surface area contributed by atoms with E-state index in [2.05, 4.69) is 0 Å². The molecular formula is C14H19NO3. The smallest absolute Gasteiger partial charge is 0.246 e. The van der Waals surface area contributed by atoms with Gasteiger partial charge < -0.3 is 14.4 Å². The Morgan fingerprint density at radius 2 is 1.94 bits per heavy atom. The molecule has 1 aromatic rings. The third-order valence-electron chi connectivity index (χ3n) is 2.55. The Morgan fingerprint density at radius 3 is 2.50 bits per heavy atom. The first-order chi connectivity index (χ1) is 8.62. The number of allylic oxidation sites excluding steroid dienone is 1. The predicted molar refractivity (Wildman–Crippen MR) is 70.8 cm³/mol. The van der Waals surface area contributed by atoms with E-state index in [1.54, 1.807) is 38.3 Å². The molecule has 0 radical (unpaired) electrons. The highest BCUT2D eigenvalue weighted by Crippen LogP contribution is 2.27. The molecule has 0 bridgehead atoms. The first kappa shape index (κ1) is 14.1. The molecule has 98 valence electrons. The average molecular weight is 249 g/mol. The number of hydrogen-bond acceptors (Lipinski definition) is 3. The Kier molecular flexibility index (Phi) is 5.24. The van der Waals surface area contributed by atoms with Crippen molar-refractivity contribution in [2.45, 2.75) is 13.5 Å². The summed E-state index contributed by atoms with van der Waals surface area (Å²) < 4.78 is 10.4. The average Bonchev–Trinajstić information content (AvgIpc) is 2.38. The van der Waals surface area contributed by atoms with Crippen molar-refractivity contribution in [3.05, 3.63) is 35.9 Å². The van der Waals surface area contributed by atoms with E-state index in [1.807, 2.05) is 25.1 Å². The molecule has 1 rings (SSSR count). The number of benzene rings is 1. The van der Waals surface area contributed by atoms with Crippen molar-refractivity contribution in [2.24, 2.45) is 0 Å². The van der Waals surface area contributed by atoms with Crippen molar-refractivity contribution in [3.8, 4) is 11.5 Å². The fraction of sp³-hybridized carbons (Fsp3) is 0.357. The molecule has 4 heteroatoms. The molecule has 0 heterocycles. The van der Waals surface area contributed by atoms with E-state index >= 15 is 0 Å². The summed E-state index contributed by atoms with van der Waals surface area (Å²) in [6, 6.07) is 5.63. The first-order valence-corrected chi connectivity index (χ1v) is 5.71. The summed E-state index contributed by atoms with van der Waals surface area (Å²) in [5.41, 5.74) is 0.994.